The van der Waals surface area contributed by atoms with E-state index in [1.54, 1.807) is 0 Å². The molecule has 0 fully saturated rings. The highest BCUT2D eigenvalue weighted by Crippen LogP contribution is 2.19. The van der Waals surface area contributed by atoms with E-state index in [-0.39, 0.29) is 0 Å². The molecular weight excluding hydrogens is 234 g/mol. The van der Waals surface area contributed by atoms with Crippen molar-refractivity contribution in [3.05, 3.63) is 29.3 Å². The maximum absolute atomic E-state index is 4.25. The predicted molar refractivity (Wildman–Crippen MR) is 76.6 cm³/mol. The van der Waals surface area contributed by atoms with E-state index in [1.807, 2.05) is 25.2 Å². The number of nitrogens with zero attached hydrogens (tertiary/aromatic N) is 1. The number of benzene rings is 1. The molecule has 1 aromatic carbocycles. The van der Waals surface area contributed by atoms with E-state index in [0.717, 1.165) is 18.7 Å². The Morgan fingerprint density at radius 2 is 1.94 bits per heavy atom. The fourth-order valence-corrected chi connectivity index (χ4v) is 2.85. The normalized spacial score (nSPS) is 10.0. The van der Waals surface area contributed by atoms with Crippen molar-refractivity contribution in [3.63, 3.8) is 0 Å². The van der Waals surface area contributed by atoms with E-state index in [0.29, 0.717) is 0 Å². The van der Waals surface area contributed by atoms with Crippen LogP contribution in [0.2, 0.25) is 0 Å². The van der Waals surface area contributed by atoms with Crippen LogP contribution in [0.25, 0.3) is 10.2 Å². The highest BCUT2D eigenvalue weighted by atomic mass is 32.1. The van der Waals surface area contributed by atoms with Gasteiger partial charge in [0.2, 0.25) is 10.5 Å². The first-order valence-corrected chi connectivity index (χ1v) is 7.26. The van der Waals surface area contributed by atoms with Gasteiger partial charge < -0.3 is 0 Å². The lowest BCUT2D eigenvalue weighted by Crippen LogP contribution is -2.35. The zero-order valence-electron chi connectivity index (χ0n) is 10.2. The Labute approximate surface area is 108 Å². The summed E-state index contributed by atoms with van der Waals surface area (Å²) >= 11 is 6.12. The number of hydrogen-bond donors (Lipinski definition) is 1. The number of thiazole rings is 1. The molecule has 0 spiro atoms. The number of aryl methyl sites for hydroxylation is 2. The fourth-order valence-electron chi connectivity index (χ4n) is 1.66. The second kappa shape index (κ2) is 6.92. The van der Waals surface area contributed by atoms with E-state index >= 15 is 0 Å². The molecule has 0 aliphatic rings. The standard InChI is InChI=1S/C11H13NS2.C2H6/c1-9-12(7-4-8-13)10-5-2-3-6-11(10)14-9;1-2/h2-3,5-6H,4,7-8H2,1H3;1-2H3/p+1. The molecule has 1 nitrogen and oxygen atoms in total. The van der Waals surface area contributed by atoms with Crippen molar-refractivity contribution in [1.82, 2.24) is 0 Å². The van der Waals surface area contributed by atoms with Gasteiger partial charge in [-0.05, 0) is 11.8 Å². The highest BCUT2D eigenvalue weighted by molar-refractivity contribution is 7.80. The fraction of sp³-hybridized carbons (Fsp3) is 0.462. The van der Waals surface area contributed by atoms with Crippen molar-refractivity contribution in [2.75, 3.05) is 5.75 Å². The van der Waals surface area contributed by atoms with Crippen molar-refractivity contribution < 1.29 is 4.57 Å². The van der Waals surface area contributed by atoms with Crippen LogP contribution in [-0.2, 0) is 6.54 Å². The lowest BCUT2D eigenvalue weighted by Gasteiger charge is -1.93. The van der Waals surface area contributed by atoms with Crippen LogP contribution in [0.15, 0.2) is 24.3 Å². The van der Waals surface area contributed by atoms with Crippen molar-refractivity contribution >= 4 is 34.2 Å². The van der Waals surface area contributed by atoms with E-state index in [1.165, 1.54) is 15.2 Å². The maximum atomic E-state index is 4.25. The summed E-state index contributed by atoms with van der Waals surface area (Å²) < 4.78 is 3.76. The molecule has 1 aromatic heterocycles. The molecule has 0 radical (unpaired) electrons. The number of hydrogen-bond acceptors (Lipinski definition) is 2. The Balaban J connectivity index is 0.000000606. The molecule has 2 rings (SSSR count). The summed E-state index contributed by atoms with van der Waals surface area (Å²) in [5.74, 6) is 0.955. The first-order valence-electron chi connectivity index (χ1n) is 5.82. The Morgan fingerprint density at radius 1 is 1.25 bits per heavy atom. The zero-order chi connectivity index (χ0) is 12.0. The smallest absolute Gasteiger partial charge is 0.186 e. The Morgan fingerprint density at radius 3 is 2.62 bits per heavy atom. The Kier molecular flexibility index (Phi) is 5.85. The van der Waals surface area contributed by atoms with Crippen molar-refractivity contribution in [1.29, 1.82) is 0 Å². The van der Waals surface area contributed by atoms with Crippen LogP contribution in [-0.4, -0.2) is 5.75 Å². The van der Waals surface area contributed by atoms with Crippen LogP contribution in [0, 0.1) is 6.92 Å². The summed E-state index contributed by atoms with van der Waals surface area (Å²) in [4.78, 5) is 0. The minimum atomic E-state index is 0.955. The molecule has 88 valence electrons. The van der Waals surface area contributed by atoms with Crippen LogP contribution in [0.3, 0.4) is 0 Å². The molecule has 0 aliphatic heterocycles. The third-order valence-electron chi connectivity index (χ3n) is 2.33. The van der Waals surface area contributed by atoms with Gasteiger partial charge in [0, 0.05) is 19.4 Å². The zero-order valence-corrected chi connectivity index (χ0v) is 11.9. The van der Waals surface area contributed by atoms with Crippen LogP contribution >= 0.6 is 24.0 Å². The van der Waals surface area contributed by atoms with Crippen molar-refractivity contribution in [2.24, 2.45) is 0 Å². The average Bonchev–Trinajstić information content (AvgIpc) is 2.65. The minimum Gasteiger partial charge on any atom is -0.186 e. The van der Waals surface area contributed by atoms with Gasteiger partial charge in [0.15, 0.2) is 6.54 Å². The molecule has 0 unspecified atom stereocenters. The quantitative estimate of drug-likeness (QED) is 0.626. The van der Waals surface area contributed by atoms with Gasteiger partial charge in [-0.15, -0.1) is 0 Å². The van der Waals surface area contributed by atoms with Gasteiger partial charge in [0.25, 0.3) is 0 Å². The molecule has 3 heteroatoms. The molecule has 0 saturated heterocycles. The summed E-state index contributed by atoms with van der Waals surface area (Å²) in [6, 6.07) is 8.58. The van der Waals surface area contributed by atoms with Gasteiger partial charge in [-0.25, -0.2) is 0 Å². The highest BCUT2D eigenvalue weighted by Gasteiger charge is 2.14. The third kappa shape index (κ3) is 2.98. The third-order valence-corrected chi connectivity index (χ3v) is 3.73. The number of fused-ring (bicyclic) bond motifs is 1. The van der Waals surface area contributed by atoms with Gasteiger partial charge in [-0.2, -0.15) is 17.2 Å². The van der Waals surface area contributed by atoms with Gasteiger partial charge in [-0.1, -0.05) is 37.3 Å². The van der Waals surface area contributed by atoms with Crippen LogP contribution in [0.1, 0.15) is 25.3 Å². The van der Waals surface area contributed by atoms with Crippen LogP contribution < -0.4 is 4.57 Å². The summed E-state index contributed by atoms with van der Waals surface area (Å²) in [6.07, 6.45) is 1.13. The van der Waals surface area contributed by atoms with Gasteiger partial charge in [0.1, 0.15) is 4.70 Å². The summed E-state index contributed by atoms with van der Waals surface area (Å²) in [7, 11) is 0. The van der Waals surface area contributed by atoms with Gasteiger partial charge in [0.05, 0.1) is 0 Å². The molecular formula is C13H20NS2+. The minimum absolute atomic E-state index is 0.955. The van der Waals surface area contributed by atoms with Crippen LogP contribution in [0.5, 0.6) is 0 Å². The first kappa shape index (κ1) is 13.5. The molecule has 1 heterocycles. The number of para-hydroxylation sites is 1. The predicted octanol–water partition coefficient (Wildman–Crippen LogP) is 3.84. The van der Waals surface area contributed by atoms with Gasteiger partial charge >= 0.3 is 0 Å². The maximum Gasteiger partial charge on any atom is 0.235 e. The monoisotopic (exact) mass is 254 g/mol. The molecule has 2 aromatic rings. The summed E-state index contributed by atoms with van der Waals surface area (Å²) in [5.41, 5.74) is 1.36. The SMILES string of the molecule is CC.Cc1sc2ccccc2[n+]1CCCS. The lowest BCUT2D eigenvalue weighted by molar-refractivity contribution is -0.672. The molecule has 0 saturated carbocycles. The van der Waals surface area contributed by atoms with E-state index in [9.17, 15) is 0 Å². The Hall–Kier alpha value is -0.540. The molecule has 16 heavy (non-hydrogen) atoms. The van der Waals surface area contributed by atoms with E-state index < -0.39 is 0 Å². The van der Waals surface area contributed by atoms with Crippen molar-refractivity contribution in [2.45, 2.75) is 33.7 Å². The molecule has 0 N–H and O–H groups in total. The van der Waals surface area contributed by atoms with E-state index in [2.05, 4.69) is 48.4 Å². The molecule has 0 aliphatic carbocycles. The first-order chi connectivity index (χ1) is 7.83. The number of thiol groups is 1. The van der Waals surface area contributed by atoms with Crippen molar-refractivity contribution in [3.8, 4) is 0 Å². The second-order valence-electron chi connectivity index (χ2n) is 3.32. The largest absolute Gasteiger partial charge is 0.235 e. The number of aromatic nitrogens is 1. The van der Waals surface area contributed by atoms with E-state index in [4.69, 9.17) is 0 Å². The second-order valence-corrected chi connectivity index (χ2v) is 5.00. The number of rotatable bonds is 3. The Bertz CT molecular complexity index is 434. The molecule has 0 atom stereocenters. The van der Waals surface area contributed by atoms with Crippen LogP contribution in [0.4, 0.5) is 0 Å². The lowest BCUT2D eigenvalue weighted by atomic mass is 10.3. The summed E-state index contributed by atoms with van der Waals surface area (Å²) in [6.45, 7) is 7.27. The topological polar surface area (TPSA) is 3.88 Å². The summed E-state index contributed by atoms with van der Waals surface area (Å²) in [5, 5.41) is 1.38. The molecule has 0 amide bonds. The molecule has 0 bridgehead atoms. The van der Waals surface area contributed by atoms with Gasteiger partial charge in [-0.3, -0.25) is 0 Å². The average molecular weight is 254 g/mol.